The molecule has 2 aliphatic carbocycles. The summed E-state index contributed by atoms with van der Waals surface area (Å²) >= 11 is 0. The Morgan fingerprint density at radius 3 is 2.07 bits per heavy atom. The zero-order valence-corrected chi connectivity index (χ0v) is 9.58. The molecule has 0 spiro atoms. The third kappa shape index (κ3) is 2.36. The van der Waals surface area contributed by atoms with E-state index in [2.05, 4.69) is 5.32 Å². The van der Waals surface area contributed by atoms with Crippen molar-refractivity contribution in [2.24, 2.45) is 11.8 Å². The highest BCUT2D eigenvalue weighted by molar-refractivity contribution is 4.86. The first-order valence-corrected chi connectivity index (χ1v) is 6.76. The largest absolute Gasteiger partial charge is 0.375 e. The highest BCUT2D eigenvalue weighted by Gasteiger charge is 2.35. The van der Waals surface area contributed by atoms with Crippen LogP contribution in [0.15, 0.2) is 0 Å². The molecule has 86 valence electrons. The first kappa shape index (κ1) is 10.1. The summed E-state index contributed by atoms with van der Waals surface area (Å²) in [6.45, 7) is 2.31. The van der Waals surface area contributed by atoms with Crippen molar-refractivity contribution in [3.8, 4) is 0 Å². The quantitative estimate of drug-likeness (QED) is 0.753. The predicted molar refractivity (Wildman–Crippen MR) is 60.8 cm³/mol. The van der Waals surface area contributed by atoms with Crippen molar-refractivity contribution in [1.29, 1.82) is 0 Å². The smallest absolute Gasteiger partial charge is 0.0603 e. The maximum atomic E-state index is 6.27. The summed E-state index contributed by atoms with van der Waals surface area (Å²) in [5, 5.41) is 3.40. The van der Waals surface area contributed by atoms with Crippen LogP contribution in [-0.2, 0) is 4.74 Å². The SMILES string of the molecule is C1CC(O[C@@H]2C[C@@H]3CC[C@@H](C3)C2)CCN1. The van der Waals surface area contributed by atoms with Gasteiger partial charge in [0.15, 0.2) is 0 Å². The summed E-state index contributed by atoms with van der Waals surface area (Å²) in [6, 6.07) is 0. The molecule has 15 heavy (non-hydrogen) atoms. The van der Waals surface area contributed by atoms with Crippen LogP contribution in [0.25, 0.3) is 0 Å². The van der Waals surface area contributed by atoms with Crippen molar-refractivity contribution in [3.05, 3.63) is 0 Å². The number of piperidine rings is 1. The molecular weight excluding hydrogens is 186 g/mol. The lowest BCUT2D eigenvalue weighted by atomic mass is 9.87. The van der Waals surface area contributed by atoms with E-state index in [0.717, 1.165) is 24.9 Å². The Labute approximate surface area is 92.8 Å². The number of rotatable bonds is 2. The lowest BCUT2D eigenvalue weighted by Gasteiger charge is -2.33. The van der Waals surface area contributed by atoms with Crippen molar-refractivity contribution in [2.45, 2.75) is 57.2 Å². The summed E-state index contributed by atoms with van der Waals surface area (Å²) in [5.74, 6) is 2.02. The molecule has 1 N–H and O–H groups in total. The average Bonchev–Trinajstić information content (AvgIpc) is 2.60. The molecule has 3 rings (SSSR count). The Morgan fingerprint density at radius 2 is 1.40 bits per heavy atom. The number of hydrogen-bond acceptors (Lipinski definition) is 2. The van der Waals surface area contributed by atoms with Gasteiger partial charge in [0, 0.05) is 0 Å². The minimum atomic E-state index is 0.564. The van der Waals surface area contributed by atoms with Gasteiger partial charge in [0.1, 0.15) is 0 Å². The second-order valence-corrected chi connectivity index (χ2v) is 5.72. The van der Waals surface area contributed by atoms with E-state index < -0.39 is 0 Å². The van der Waals surface area contributed by atoms with Crippen LogP contribution in [0.1, 0.15) is 44.9 Å². The third-order valence-electron chi connectivity index (χ3n) is 4.51. The summed E-state index contributed by atoms with van der Waals surface area (Å²) in [5.41, 5.74) is 0. The van der Waals surface area contributed by atoms with Crippen molar-refractivity contribution in [3.63, 3.8) is 0 Å². The van der Waals surface area contributed by atoms with Gasteiger partial charge in [-0.05, 0) is 57.0 Å². The molecule has 2 bridgehead atoms. The minimum Gasteiger partial charge on any atom is -0.375 e. The highest BCUT2D eigenvalue weighted by Crippen LogP contribution is 2.43. The summed E-state index contributed by atoms with van der Waals surface area (Å²) in [6.07, 6.45) is 10.8. The zero-order valence-electron chi connectivity index (χ0n) is 9.58. The molecule has 2 nitrogen and oxygen atoms in total. The van der Waals surface area contributed by atoms with Gasteiger partial charge in [0.2, 0.25) is 0 Å². The van der Waals surface area contributed by atoms with E-state index in [1.807, 2.05) is 0 Å². The first-order valence-electron chi connectivity index (χ1n) is 6.76. The normalized spacial score (nSPS) is 42.0. The highest BCUT2D eigenvalue weighted by atomic mass is 16.5. The van der Waals surface area contributed by atoms with Crippen LogP contribution in [0.5, 0.6) is 0 Å². The minimum absolute atomic E-state index is 0.564. The van der Waals surface area contributed by atoms with E-state index in [0.29, 0.717) is 12.2 Å². The average molecular weight is 209 g/mol. The summed E-state index contributed by atoms with van der Waals surface area (Å²) in [7, 11) is 0. The lowest BCUT2D eigenvalue weighted by molar-refractivity contribution is -0.0537. The molecule has 3 fully saturated rings. The van der Waals surface area contributed by atoms with Gasteiger partial charge >= 0.3 is 0 Å². The Bertz CT molecular complexity index is 201. The molecule has 0 unspecified atom stereocenters. The van der Waals surface area contributed by atoms with Gasteiger partial charge in [-0.15, -0.1) is 0 Å². The van der Waals surface area contributed by atoms with Crippen LogP contribution in [0.4, 0.5) is 0 Å². The Morgan fingerprint density at radius 1 is 0.733 bits per heavy atom. The van der Waals surface area contributed by atoms with Gasteiger partial charge in [0.05, 0.1) is 12.2 Å². The molecule has 1 saturated heterocycles. The standard InChI is InChI=1S/C13H23NO/c1-2-11-7-10(1)8-13(9-11)15-12-3-5-14-6-4-12/h10-14H,1-9H2/t10-,11+,13-. The van der Waals surface area contributed by atoms with E-state index in [1.54, 1.807) is 0 Å². The van der Waals surface area contributed by atoms with Gasteiger partial charge in [0.25, 0.3) is 0 Å². The number of ether oxygens (including phenoxy) is 1. The molecule has 0 amide bonds. The Hall–Kier alpha value is -0.0800. The fourth-order valence-electron chi connectivity index (χ4n) is 3.76. The van der Waals surface area contributed by atoms with E-state index in [1.165, 1.54) is 44.9 Å². The zero-order chi connectivity index (χ0) is 10.1. The summed E-state index contributed by atoms with van der Waals surface area (Å²) < 4.78 is 6.27. The van der Waals surface area contributed by atoms with Crippen LogP contribution in [0.2, 0.25) is 0 Å². The van der Waals surface area contributed by atoms with E-state index in [9.17, 15) is 0 Å². The van der Waals surface area contributed by atoms with Crippen molar-refractivity contribution in [1.82, 2.24) is 5.32 Å². The van der Waals surface area contributed by atoms with E-state index in [4.69, 9.17) is 4.74 Å². The molecule has 0 aromatic carbocycles. The van der Waals surface area contributed by atoms with Gasteiger partial charge in [-0.1, -0.05) is 12.8 Å². The monoisotopic (exact) mass is 209 g/mol. The van der Waals surface area contributed by atoms with Gasteiger partial charge in [-0.2, -0.15) is 0 Å². The first-order chi connectivity index (χ1) is 7.40. The topological polar surface area (TPSA) is 21.3 Å². The lowest BCUT2D eigenvalue weighted by Crippen LogP contribution is -2.36. The predicted octanol–water partition coefficient (Wildman–Crippen LogP) is 2.33. The molecule has 3 atom stereocenters. The maximum Gasteiger partial charge on any atom is 0.0603 e. The van der Waals surface area contributed by atoms with Crippen LogP contribution in [-0.4, -0.2) is 25.3 Å². The van der Waals surface area contributed by atoms with Crippen molar-refractivity contribution >= 4 is 0 Å². The van der Waals surface area contributed by atoms with Crippen LogP contribution in [0.3, 0.4) is 0 Å². The second kappa shape index (κ2) is 4.42. The maximum absolute atomic E-state index is 6.27. The van der Waals surface area contributed by atoms with Crippen molar-refractivity contribution < 1.29 is 4.74 Å². The molecule has 0 radical (unpaired) electrons. The van der Waals surface area contributed by atoms with Crippen LogP contribution < -0.4 is 5.32 Å². The van der Waals surface area contributed by atoms with Gasteiger partial charge < -0.3 is 10.1 Å². The molecule has 0 aromatic rings. The number of hydrogen-bond donors (Lipinski definition) is 1. The molecule has 0 aromatic heterocycles. The number of fused-ring (bicyclic) bond motifs is 2. The Kier molecular flexibility index (Phi) is 2.98. The summed E-state index contributed by atoms with van der Waals surface area (Å²) in [4.78, 5) is 0. The molecule has 3 aliphatic rings. The van der Waals surface area contributed by atoms with Gasteiger partial charge in [-0.3, -0.25) is 0 Å². The van der Waals surface area contributed by atoms with E-state index in [-0.39, 0.29) is 0 Å². The Balaban J connectivity index is 1.50. The molecular formula is C13H23NO. The third-order valence-corrected chi connectivity index (χ3v) is 4.51. The number of nitrogens with one attached hydrogen (secondary N) is 1. The van der Waals surface area contributed by atoms with Crippen LogP contribution >= 0.6 is 0 Å². The van der Waals surface area contributed by atoms with E-state index >= 15 is 0 Å². The molecule has 2 heteroatoms. The fraction of sp³-hybridized carbons (Fsp3) is 1.00. The van der Waals surface area contributed by atoms with Crippen LogP contribution in [0, 0.1) is 11.8 Å². The van der Waals surface area contributed by atoms with Gasteiger partial charge in [-0.25, -0.2) is 0 Å². The molecule has 2 saturated carbocycles. The van der Waals surface area contributed by atoms with Crippen molar-refractivity contribution in [2.75, 3.05) is 13.1 Å². The fourth-order valence-corrected chi connectivity index (χ4v) is 3.76. The second-order valence-electron chi connectivity index (χ2n) is 5.72. The molecule has 1 heterocycles. The molecule has 1 aliphatic heterocycles.